The minimum Gasteiger partial charge on any atom is -0.496 e. The molecule has 0 fully saturated rings. The standard InChI is InChI=1S/C15H21NO2/c1-3-4-11-18-12-10-16-9-8-13-14(16)6-5-7-15(13)17-2/h5-9H,3-4,10-12H2,1-2H3. The van der Waals surface area contributed by atoms with Crippen LogP contribution in [0.5, 0.6) is 5.75 Å². The molecule has 2 aromatic rings. The highest BCUT2D eigenvalue weighted by molar-refractivity contribution is 5.86. The molecule has 3 nitrogen and oxygen atoms in total. The Morgan fingerprint density at radius 1 is 1.17 bits per heavy atom. The van der Waals surface area contributed by atoms with Gasteiger partial charge in [-0.25, -0.2) is 0 Å². The number of methoxy groups -OCH3 is 1. The molecule has 18 heavy (non-hydrogen) atoms. The Balaban J connectivity index is 2.01. The molecule has 0 saturated heterocycles. The van der Waals surface area contributed by atoms with Crippen LogP contribution in [0.4, 0.5) is 0 Å². The van der Waals surface area contributed by atoms with Crippen molar-refractivity contribution >= 4 is 10.9 Å². The molecule has 0 spiro atoms. The summed E-state index contributed by atoms with van der Waals surface area (Å²) < 4.78 is 13.2. The Morgan fingerprint density at radius 3 is 2.83 bits per heavy atom. The predicted molar refractivity (Wildman–Crippen MR) is 74.2 cm³/mol. The van der Waals surface area contributed by atoms with E-state index in [0.29, 0.717) is 0 Å². The summed E-state index contributed by atoms with van der Waals surface area (Å²) in [6.07, 6.45) is 4.42. The maximum Gasteiger partial charge on any atom is 0.128 e. The van der Waals surface area contributed by atoms with Crippen LogP contribution in [0.25, 0.3) is 10.9 Å². The number of fused-ring (bicyclic) bond motifs is 1. The molecule has 0 saturated carbocycles. The average Bonchev–Trinajstić information content (AvgIpc) is 2.82. The van der Waals surface area contributed by atoms with Crippen LogP contribution in [0.15, 0.2) is 30.5 Å². The van der Waals surface area contributed by atoms with E-state index in [-0.39, 0.29) is 0 Å². The van der Waals surface area contributed by atoms with Crippen molar-refractivity contribution in [3.63, 3.8) is 0 Å². The summed E-state index contributed by atoms with van der Waals surface area (Å²) in [5, 5.41) is 1.16. The van der Waals surface area contributed by atoms with Gasteiger partial charge in [-0.05, 0) is 24.6 Å². The molecular formula is C15H21NO2. The highest BCUT2D eigenvalue weighted by atomic mass is 16.5. The third kappa shape index (κ3) is 2.85. The van der Waals surface area contributed by atoms with Gasteiger partial charge in [0.1, 0.15) is 5.75 Å². The topological polar surface area (TPSA) is 23.4 Å². The predicted octanol–water partition coefficient (Wildman–Crippen LogP) is 3.47. The normalized spacial score (nSPS) is 11.0. The first-order chi connectivity index (χ1) is 8.86. The van der Waals surface area contributed by atoms with Crippen LogP contribution < -0.4 is 4.74 Å². The van der Waals surface area contributed by atoms with Crippen molar-refractivity contribution < 1.29 is 9.47 Å². The van der Waals surface area contributed by atoms with Gasteiger partial charge in [0.05, 0.1) is 19.2 Å². The van der Waals surface area contributed by atoms with Gasteiger partial charge >= 0.3 is 0 Å². The van der Waals surface area contributed by atoms with Gasteiger partial charge in [-0.2, -0.15) is 0 Å². The van der Waals surface area contributed by atoms with E-state index in [1.807, 2.05) is 12.1 Å². The van der Waals surface area contributed by atoms with E-state index in [1.165, 1.54) is 11.9 Å². The lowest BCUT2D eigenvalue weighted by Gasteiger charge is -2.07. The Morgan fingerprint density at radius 2 is 2.06 bits per heavy atom. The number of hydrogen-bond donors (Lipinski definition) is 0. The monoisotopic (exact) mass is 247 g/mol. The molecule has 0 N–H and O–H groups in total. The number of nitrogens with zero attached hydrogens (tertiary/aromatic N) is 1. The van der Waals surface area contributed by atoms with Gasteiger partial charge in [-0.1, -0.05) is 19.4 Å². The van der Waals surface area contributed by atoms with Crippen LogP contribution in [-0.4, -0.2) is 24.9 Å². The lowest BCUT2D eigenvalue weighted by molar-refractivity contribution is 0.124. The Bertz CT molecular complexity index is 490. The largest absolute Gasteiger partial charge is 0.496 e. The van der Waals surface area contributed by atoms with Gasteiger partial charge in [0.25, 0.3) is 0 Å². The molecule has 3 heteroatoms. The fourth-order valence-electron chi connectivity index (χ4n) is 2.08. The maximum absolute atomic E-state index is 5.60. The summed E-state index contributed by atoms with van der Waals surface area (Å²) in [5.74, 6) is 0.929. The number of aromatic nitrogens is 1. The molecule has 0 aliphatic rings. The molecule has 98 valence electrons. The molecule has 0 atom stereocenters. The summed E-state index contributed by atoms with van der Waals surface area (Å²) >= 11 is 0. The Kier molecular flexibility index (Phi) is 4.65. The first-order valence-electron chi connectivity index (χ1n) is 6.56. The van der Waals surface area contributed by atoms with Crippen molar-refractivity contribution in [2.45, 2.75) is 26.3 Å². The van der Waals surface area contributed by atoms with Crippen LogP contribution >= 0.6 is 0 Å². The van der Waals surface area contributed by atoms with Crippen LogP contribution in [0.2, 0.25) is 0 Å². The van der Waals surface area contributed by atoms with Gasteiger partial charge < -0.3 is 14.0 Å². The number of rotatable bonds is 7. The van der Waals surface area contributed by atoms with E-state index in [4.69, 9.17) is 9.47 Å². The second-order valence-corrected chi connectivity index (χ2v) is 4.37. The van der Waals surface area contributed by atoms with Crippen molar-refractivity contribution in [3.8, 4) is 5.75 Å². The van der Waals surface area contributed by atoms with Crippen LogP contribution in [0.1, 0.15) is 19.8 Å². The number of unbranched alkanes of at least 4 members (excludes halogenated alkanes) is 1. The van der Waals surface area contributed by atoms with Gasteiger partial charge in [0.2, 0.25) is 0 Å². The van der Waals surface area contributed by atoms with Gasteiger partial charge in [-0.15, -0.1) is 0 Å². The molecule has 0 aliphatic heterocycles. The quantitative estimate of drug-likeness (QED) is 0.699. The molecule has 1 aromatic carbocycles. The number of hydrogen-bond acceptors (Lipinski definition) is 2. The molecular weight excluding hydrogens is 226 g/mol. The SMILES string of the molecule is CCCCOCCn1ccc2c(OC)cccc21. The average molecular weight is 247 g/mol. The highest BCUT2D eigenvalue weighted by Gasteiger charge is 2.05. The smallest absolute Gasteiger partial charge is 0.128 e. The zero-order valence-electron chi connectivity index (χ0n) is 11.2. The summed E-state index contributed by atoms with van der Waals surface area (Å²) in [4.78, 5) is 0. The second kappa shape index (κ2) is 6.45. The van der Waals surface area contributed by atoms with Crippen LogP contribution in [0.3, 0.4) is 0 Å². The van der Waals surface area contributed by atoms with E-state index in [1.54, 1.807) is 7.11 Å². The van der Waals surface area contributed by atoms with E-state index < -0.39 is 0 Å². The molecule has 0 aliphatic carbocycles. The number of benzene rings is 1. The zero-order valence-corrected chi connectivity index (χ0v) is 11.2. The lowest BCUT2D eigenvalue weighted by atomic mass is 10.2. The Hall–Kier alpha value is -1.48. The van der Waals surface area contributed by atoms with Crippen molar-refractivity contribution in [1.29, 1.82) is 0 Å². The summed E-state index contributed by atoms with van der Waals surface area (Å²) in [5.41, 5.74) is 1.20. The van der Waals surface area contributed by atoms with E-state index in [9.17, 15) is 0 Å². The summed E-state index contributed by atoms with van der Waals surface area (Å²) in [6.45, 7) is 4.69. The van der Waals surface area contributed by atoms with E-state index in [2.05, 4.69) is 29.8 Å². The Labute approximate surface area is 108 Å². The molecule has 1 heterocycles. The van der Waals surface area contributed by atoms with Crippen LogP contribution in [0, 0.1) is 0 Å². The minimum atomic E-state index is 0.765. The summed E-state index contributed by atoms with van der Waals surface area (Å²) in [7, 11) is 1.71. The zero-order chi connectivity index (χ0) is 12.8. The molecule has 0 radical (unpaired) electrons. The molecule has 0 unspecified atom stereocenters. The third-order valence-electron chi connectivity index (χ3n) is 3.11. The minimum absolute atomic E-state index is 0.765. The highest BCUT2D eigenvalue weighted by Crippen LogP contribution is 2.25. The maximum atomic E-state index is 5.60. The fraction of sp³-hybridized carbons (Fsp3) is 0.467. The van der Waals surface area contributed by atoms with E-state index >= 15 is 0 Å². The van der Waals surface area contributed by atoms with Crippen molar-refractivity contribution in [3.05, 3.63) is 30.5 Å². The molecule has 1 aromatic heterocycles. The summed E-state index contributed by atoms with van der Waals surface area (Å²) in [6, 6.07) is 8.23. The van der Waals surface area contributed by atoms with Crippen LogP contribution in [-0.2, 0) is 11.3 Å². The molecule has 0 bridgehead atoms. The fourth-order valence-corrected chi connectivity index (χ4v) is 2.08. The number of ether oxygens (including phenoxy) is 2. The van der Waals surface area contributed by atoms with Gasteiger partial charge in [-0.3, -0.25) is 0 Å². The molecule has 0 amide bonds. The molecule has 2 rings (SSSR count). The van der Waals surface area contributed by atoms with Gasteiger partial charge in [0, 0.05) is 24.7 Å². The van der Waals surface area contributed by atoms with Crippen molar-refractivity contribution in [1.82, 2.24) is 4.57 Å². The first-order valence-corrected chi connectivity index (χ1v) is 6.56. The van der Waals surface area contributed by atoms with Gasteiger partial charge in [0.15, 0.2) is 0 Å². The first kappa shape index (κ1) is 13.0. The van der Waals surface area contributed by atoms with Crippen molar-refractivity contribution in [2.24, 2.45) is 0 Å². The van der Waals surface area contributed by atoms with E-state index in [0.717, 1.165) is 37.3 Å². The third-order valence-corrected chi connectivity index (χ3v) is 3.11. The van der Waals surface area contributed by atoms with Crippen molar-refractivity contribution in [2.75, 3.05) is 20.3 Å². The lowest BCUT2D eigenvalue weighted by Crippen LogP contribution is -2.05. The second-order valence-electron chi connectivity index (χ2n) is 4.37.